The minimum absolute atomic E-state index is 0.0752. The van der Waals surface area contributed by atoms with Crippen LogP contribution in [-0.2, 0) is 16.6 Å². The fourth-order valence-electron chi connectivity index (χ4n) is 5.02. The molecular weight excluding hydrogens is 448 g/mol. The number of sulfonamides is 1. The van der Waals surface area contributed by atoms with Gasteiger partial charge in [0.2, 0.25) is 16.0 Å². The van der Waals surface area contributed by atoms with E-state index in [4.69, 9.17) is 4.98 Å². The van der Waals surface area contributed by atoms with E-state index >= 15 is 0 Å². The second kappa shape index (κ2) is 9.03. The number of likely N-dealkylation sites (tertiary alicyclic amines) is 1. The van der Waals surface area contributed by atoms with Gasteiger partial charge in [0.15, 0.2) is 0 Å². The molecule has 0 unspecified atom stereocenters. The first-order valence-corrected chi connectivity index (χ1v) is 13.6. The number of benzene rings is 2. The summed E-state index contributed by atoms with van der Waals surface area (Å²) in [6.45, 7) is 6.75. The Kier molecular flexibility index (Phi) is 6.07. The third-order valence-electron chi connectivity index (χ3n) is 7.09. The van der Waals surface area contributed by atoms with Gasteiger partial charge in [-0.1, -0.05) is 24.3 Å². The van der Waals surface area contributed by atoms with Gasteiger partial charge in [0.25, 0.3) is 0 Å². The van der Waals surface area contributed by atoms with Crippen LogP contribution in [0.5, 0.6) is 0 Å². The Morgan fingerprint density at radius 3 is 2.38 bits per heavy atom. The number of para-hydroxylation sites is 1. The Morgan fingerprint density at radius 1 is 1.00 bits per heavy atom. The van der Waals surface area contributed by atoms with Crippen LogP contribution >= 0.6 is 0 Å². The third kappa shape index (κ3) is 4.67. The molecule has 2 aliphatic heterocycles. The molecule has 2 saturated heterocycles. The second-order valence-corrected chi connectivity index (χ2v) is 11.5. The van der Waals surface area contributed by atoms with Gasteiger partial charge in [0, 0.05) is 43.2 Å². The maximum absolute atomic E-state index is 11.7. The first-order chi connectivity index (χ1) is 16.4. The molecule has 0 atom stereocenters. The van der Waals surface area contributed by atoms with Gasteiger partial charge in [-0.2, -0.15) is 4.98 Å². The van der Waals surface area contributed by atoms with Crippen molar-refractivity contribution in [3.63, 3.8) is 0 Å². The van der Waals surface area contributed by atoms with Gasteiger partial charge in [-0.25, -0.2) is 13.4 Å². The number of nitrogens with one attached hydrogen (secondary N) is 2. The normalized spacial score (nSPS) is 18.1. The summed E-state index contributed by atoms with van der Waals surface area (Å²) >= 11 is 0. The van der Waals surface area contributed by atoms with Gasteiger partial charge < -0.3 is 10.2 Å². The summed E-state index contributed by atoms with van der Waals surface area (Å²) in [4.78, 5) is 14.3. The van der Waals surface area contributed by atoms with Crippen LogP contribution in [0.1, 0.15) is 25.3 Å². The van der Waals surface area contributed by atoms with E-state index in [-0.39, 0.29) is 5.75 Å². The highest BCUT2D eigenvalue weighted by molar-refractivity contribution is 7.92. The molecule has 9 heteroatoms. The summed E-state index contributed by atoms with van der Waals surface area (Å²) < 4.78 is 26.1. The van der Waals surface area contributed by atoms with E-state index in [9.17, 15) is 8.42 Å². The number of rotatable bonds is 7. The maximum Gasteiger partial charge on any atom is 0.232 e. The van der Waals surface area contributed by atoms with Gasteiger partial charge in [-0.3, -0.25) is 9.62 Å². The van der Waals surface area contributed by atoms with Gasteiger partial charge in [-0.05, 0) is 62.7 Å². The van der Waals surface area contributed by atoms with Crippen LogP contribution in [0.3, 0.4) is 0 Å². The lowest BCUT2D eigenvalue weighted by Gasteiger charge is -2.54. The average Bonchev–Trinajstić information content (AvgIpc) is 2.83. The molecule has 5 rings (SSSR count). The van der Waals surface area contributed by atoms with Crippen molar-refractivity contribution < 1.29 is 8.42 Å². The topological polar surface area (TPSA) is 90.5 Å². The van der Waals surface area contributed by atoms with Crippen molar-refractivity contribution in [3.8, 4) is 0 Å². The van der Waals surface area contributed by atoms with Crippen molar-refractivity contribution in [1.82, 2.24) is 14.9 Å². The molecule has 0 aliphatic carbocycles. The van der Waals surface area contributed by atoms with Gasteiger partial charge in [0.1, 0.15) is 5.82 Å². The number of piperidine rings is 1. The fraction of sp³-hybridized carbons (Fsp3) is 0.440. The van der Waals surface area contributed by atoms with Crippen LogP contribution in [0, 0.1) is 5.41 Å². The van der Waals surface area contributed by atoms with Crippen LogP contribution < -0.4 is 14.9 Å². The molecule has 0 radical (unpaired) electrons. The van der Waals surface area contributed by atoms with Crippen LogP contribution in [0.15, 0.2) is 48.5 Å². The molecule has 2 aliphatic rings. The Balaban J connectivity index is 1.18. The molecule has 3 aromatic rings. The smallest absolute Gasteiger partial charge is 0.232 e. The van der Waals surface area contributed by atoms with Crippen molar-refractivity contribution in [2.24, 2.45) is 5.41 Å². The number of hydrogen-bond acceptors (Lipinski definition) is 7. The summed E-state index contributed by atoms with van der Waals surface area (Å²) in [6, 6.07) is 15.9. The molecule has 1 spiro atoms. The zero-order chi connectivity index (χ0) is 23.8. The van der Waals surface area contributed by atoms with E-state index < -0.39 is 10.0 Å². The molecule has 2 N–H and O–H groups in total. The van der Waals surface area contributed by atoms with Crippen LogP contribution in [0.4, 0.5) is 17.5 Å². The lowest BCUT2D eigenvalue weighted by molar-refractivity contribution is 0.0721. The zero-order valence-electron chi connectivity index (χ0n) is 19.8. The van der Waals surface area contributed by atoms with Crippen molar-refractivity contribution >= 4 is 38.4 Å². The van der Waals surface area contributed by atoms with Crippen molar-refractivity contribution in [3.05, 3.63) is 54.1 Å². The third-order valence-corrected chi connectivity index (χ3v) is 8.40. The van der Waals surface area contributed by atoms with E-state index in [1.54, 1.807) is 6.92 Å². The zero-order valence-corrected chi connectivity index (χ0v) is 20.6. The Labute approximate surface area is 201 Å². The van der Waals surface area contributed by atoms with E-state index in [0.717, 1.165) is 49.4 Å². The minimum Gasteiger partial charge on any atom is -0.357 e. The van der Waals surface area contributed by atoms with Crippen LogP contribution in [-0.4, -0.2) is 62.3 Å². The molecule has 180 valence electrons. The number of fused-ring (bicyclic) bond motifs is 1. The molecule has 8 nitrogen and oxygen atoms in total. The SMILES string of the molecule is CCS(=O)(=O)Nc1ccc(CN2CCC3(CC2)CN(c2nc(NC)nc4ccccc24)C3)cc1. The first-order valence-electron chi connectivity index (χ1n) is 11.9. The Morgan fingerprint density at radius 2 is 1.71 bits per heavy atom. The van der Waals surface area contributed by atoms with Gasteiger partial charge in [0.05, 0.1) is 11.3 Å². The molecular formula is C25H32N6O2S. The fourth-order valence-corrected chi connectivity index (χ4v) is 5.66. The number of nitrogens with zero attached hydrogens (tertiary/aromatic N) is 4. The Hall–Kier alpha value is -2.91. The molecule has 2 fully saturated rings. The largest absolute Gasteiger partial charge is 0.357 e. The van der Waals surface area contributed by atoms with E-state index in [1.807, 2.05) is 49.5 Å². The molecule has 0 bridgehead atoms. The van der Waals surface area contributed by atoms with Crippen molar-refractivity contribution in [2.75, 3.05) is 53.9 Å². The lowest BCUT2D eigenvalue weighted by atomic mass is 9.72. The predicted molar refractivity (Wildman–Crippen MR) is 138 cm³/mol. The molecule has 3 heterocycles. The minimum atomic E-state index is -3.24. The highest BCUT2D eigenvalue weighted by Crippen LogP contribution is 2.44. The lowest BCUT2D eigenvalue weighted by Crippen LogP contribution is -2.60. The maximum atomic E-state index is 11.7. The van der Waals surface area contributed by atoms with Crippen LogP contribution in [0.25, 0.3) is 10.9 Å². The number of anilines is 3. The van der Waals surface area contributed by atoms with E-state index in [0.29, 0.717) is 17.1 Å². The second-order valence-electron chi connectivity index (χ2n) is 9.47. The van der Waals surface area contributed by atoms with Gasteiger partial charge in [-0.15, -0.1) is 0 Å². The summed E-state index contributed by atoms with van der Waals surface area (Å²) in [5.41, 5.74) is 3.17. The summed E-state index contributed by atoms with van der Waals surface area (Å²) in [5.74, 6) is 1.77. The summed E-state index contributed by atoms with van der Waals surface area (Å²) in [5, 5.41) is 4.20. The monoisotopic (exact) mass is 480 g/mol. The molecule has 1 aromatic heterocycles. The molecule has 0 saturated carbocycles. The molecule has 34 heavy (non-hydrogen) atoms. The van der Waals surface area contributed by atoms with Crippen molar-refractivity contribution in [1.29, 1.82) is 0 Å². The molecule has 2 aromatic carbocycles. The quantitative estimate of drug-likeness (QED) is 0.535. The van der Waals surface area contributed by atoms with Crippen molar-refractivity contribution in [2.45, 2.75) is 26.3 Å². The molecule has 0 amide bonds. The Bertz CT molecular complexity index is 1260. The van der Waals surface area contributed by atoms with Crippen LogP contribution in [0.2, 0.25) is 0 Å². The predicted octanol–water partition coefficient (Wildman–Crippen LogP) is 3.54. The summed E-state index contributed by atoms with van der Waals surface area (Å²) in [6.07, 6.45) is 2.36. The first kappa shape index (κ1) is 22.9. The number of hydrogen-bond donors (Lipinski definition) is 2. The highest BCUT2D eigenvalue weighted by atomic mass is 32.2. The number of aromatic nitrogens is 2. The summed E-state index contributed by atoms with van der Waals surface area (Å²) in [7, 11) is -1.38. The highest BCUT2D eigenvalue weighted by Gasteiger charge is 2.45. The standard InChI is InChI=1S/C25H32N6O2S/c1-3-34(32,33)29-20-10-8-19(9-11-20)16-30-14-12-25(13-15-30)17-31(18-25)23-21-6-4-5-7-22(21)27-24(26-2)28-23/h4-11,29H,3,12-18H2,1-2H3,(H,26,27,28). The average molecular weight is 481 g/mol. The van der Waals surface area contributed by atoms with Gasteiger partial charge >= 0.3 is 0 Å². The van der Waals surface area contributed by atoms with E-state index in [2.05, 4.69) is 30.9 Å². The van der Waals surface area contributed by atoms with E-state index in [1.165, 1.54) is 18.4 Å².